The molecule has 1 saturated heterocycles. The lowest BCUT2D eigenvalue weighted by atomic mass is 10.1. The molecule has 4 rings (SSSR count). The van der Waals surface area contributed by atoms with Crippen molar-refractivity contribution in [1.29, 1.82) is 0 Å². The molecule has 1 N–H and O–H groups in total. The Morgan fingerprint density at radius 2 is 1.65 bits per heavy atom. The molecule has 1 heterocycles. The number of amides is 4. The molecule has 0 radical (unpaired) electrons. The Hall–Kier alpha value is -4.60. The summed E-state index contributed by atoms with van der Waals surface area (Å²) in [4.78, 5) is 42.3. The third kappa shape index (κ3) is 5.48. The highest BCUT2D eigenvalue weighted by Crippen LogP contribution is 2.33. The molecule has 3 aromatic carbocycles. The highest BCUT2D eigenvalue weighted by molar-refractivity contribution is 6.22. The molecule has 10 heteroatoms. The van der Waals surface area contributed by atoms with Crippen molar-refractivity contribution in [3.05, 3.63) is 78.1 Å². The fourth-order valence-electron chi connectivity index (χ4n) is 4.10. The smallest absolute Gasteiger partial charge is 0.332 e. The lowest BCUT2D eigenvalue weighted by molar-refractivity contribution is -0.124. The SMILES string of the molecule is COc1cccc(N2C(=O)[C@H](CC(=O)Nc3ccc(F)cc3)N(Cc3ccc(OC)c(OC)c3)C2=O)c1. The molecule has 3 aromatic rings. The van der Waals surface area contributed by atoms with Crippen LogP contribution < -0.4 is 24.4 Å². The quantitative estimate of drug-likeness (QED) is 0.436. The fourth-order valence-corrected chi connectivity index (χ4v) is 4.10. The van der Waals surface area contributed by atoms with Gasteiger partial charge in [0.15, 0.2) is 11.5 Å². The predicted molar refractivity (Wildman–Crippen MR) is 134 cm³/mol. The van der Waals surface area contributed by atoms with Gasteiger partial charge >= 0.3 is 6.03 Å². The molecule has 1 fully saturated rings. The molecular formula is C27H26FN3O6. The van der Waals surface area contributed by atoms with E-state index in [1.165, 1.54) is 50.5 Å². The minimum absolute atomic E-state index is 0.0416. The Bertz CT molecular complexity index is 1310. The monoisotopic (exact) mass is 507 g/mol. The number of nitrogens with zero attached hydrogens (tertiary/aromatic N) is 2. The van der Waals surface area contributed by atoms with E-state index in [0.29, 0.717) is 34.2 Å². The first-order chi connectivity index (χ1) is 17.8. The van der Waals surface area contributed by atoms with Crippen molar-refractivity contribution in [2.75, 3.05) is 31.5 Å². The number of carbonyl (C=O) groups excluding carboxylic acids is 3. The predicted octanol–water partition coefficient (Wildman–Crippen LogP) is 4.22. The maximum Gasteiger partial charge on any atom is 0.332 e. The topological polar surface area (TPSA) is 97.4 Å². The van der Waals surface area contributed by atoms with Crippen molar-refractivity contribution in [2.24, 2.45) is 0 Å². The Labute approximate surface area is 213 Å². The average Bonchev–Trinajstić information content (AvgIpc) is 3.13. The Morgan fingerprint density at radius 1 is 0.919 bits per heavy atom. The Balaban J connectivity index is 1.64. The van der Waals surface area contributed by atoms with Crippen LogP contribution in [0.3, 0.4) is 0 Å². The zero-order chi connectivity index (χ0) is 26.5. The van der Waals surface area contributed by atoms with Gasteiger partial charge in [0.2, 0.25) is 5.91 Å². The number of hydrogen-bond donors (Lipinski definition) is 1. The van der Waals surface area contributed by atoms with Crippen LogP contribution in [-0.2, 0) is 16.1 Å². The summed E-state index contributed by atoms with van der Waals surface area (Å²) < 4.78 is 29.1. The lowest BCUT2D eigenvalue weighted by Gasteiger charge is -2.22. The van der Waals surface area contributed by atoms with Crippen molar-refractivity contribution < 1.29 is 33.0 Å². The van der Waals surface area contributed by atoms with Gasteiger partial charge in [-0.25, -0.2) is 14.1 Å². The van der Waals surface area contributed by atoms with Crippen LogP contribution in [0.15, 0.2) is 66.7 Å². The maximum absolute atomic E-state index is 13.5. The normalized spacial score (nSPS) is 15.1. The van der Waals surface area contributed by atoms with Crippen molar-refractivity contribution in [3.63, 3.8) is 0 Å². The molecule has 9 nitrogen and oxygen atoms in total. The summed E-state index contributed by atoms with van der Waals surface area (Å²) in [5, 5.41) is 2.65. The van der Waals surface area contributed by atoms with Gasteiger partial charge in [-0.05, 0) is 54.1 Å². The van der Waals surface area contributed by atoms with E-state index < -0.39 is 29.7 Å². The molecule has 192 valence electrons. The third-order valence-corrected chi connectivity index (χ3v) is 5.94. The van der Waals surface area contributed by atoms with Crippen LogP contribution >= 0.6 is 0 Å². The van der Waals surface area contributed by atoms with Gasteiger partial charge in [0, 0.05) is 18.3 Å². The second kappa shape index (κ2) is 11.0. The van der Waals surface area contributed by atoms with Crippen molar-refractivity contribution >= 4 is 29.2 Å². The first-order valence-corrected chi connectivity index (χ1v) is 11.4. The summed E-state index contributed by atoms with van der Waals surface area (Å²) >= 11 is 0. The number of imide groups is 1. The van der Waals surface area contributed by atoms with E-state index in [-0.39, 0.29) is 13.0 Å². The van der Waals surface area contributed by atoms with Gasteiger partial charge in [-0.1, -0.05) is 12.1 Å². The number of nitrogens with one attached hydrogen (secondary N) is 1. The number of benzene rings is 3. The van der Waals surface area contributed by atoms with Gasteiger partial charge in [-0.15, -0.1) is 0 Å². The molecular weight excluding hydrogens is 481 g/mol. The number of rotatable bonds is 9. The number of halogens is 1. The Morgan fingerprint density at radius 3 is 2.32 bits per heavy atom. The fraction of sp³-hybridized carbons (Fsp3) is 0.222. The van der Waals surface area contributed by atoms with Crippen LogP contribution in [0.5, 0.6) is 17.2 Å². The van der Waals surface area contributed by atoms with E-state index in [1.807, 2.05) is 0 Å². The van der Waals surface area contributed by atoms with Crippen molar-refractivity contribution in [2.45, 2.75) is 19.0 Å². The third-order valence-electron chi connectivity index (χ3n) is 5.94. The van der Waals surface area contributed by atoms with Crippen LogP contribution in [0.1, 0.15) is 12.0 Å². The van der Waals surface area contributed by atoms with E-state index >= 15 is 0 Å². The van der Waals surface area contributed by atoms with Crippen LogP contribution in [0.25, 0.3) is 0 Å². The minimum atomic E-state index is -1.08. The molecule has 0 spiro atoms. The van der Waals surface area contributed by atoms with Crippen LogP contribution in [-0.4, -0.2) is 50.1 Å². The molecule has 0 saturated carbocycles. The molecule has 37 heavy (non-hydrogen) atoms. The summed E-state index contributed by atoms with van der Waals surface area (Å²) in [7, 11) is 4.50. The molecule has 1 atom stereocenters. The summed E-state index contributed by atoms with van der Waals surface area (Å²) in [6, 6.07) is 15.3. The van der Waals surface area contributed by atoms with Gasteiger partial charge in [-0.3, -0.25) is 9.59 Å². The molecule has 0 aliphatic carbocycles. The van der Waals surface area contributed by atoms with Crippen molar-refractivity contribution in [1.82, 2.24) is 4.90 Å². The molecule has 0 bridgehead atoms. The molecule has 0 unspecified atom stereocenters. The van der Waals surface area contributed by atoms with E-state index in [2.05, 4.69) is 5.32 Å². The molecule has 4 amide bonds. The maximum atomic E-state index is 13.5. The number of anilines is 2. The largest absolute Gasteiger partial charge is 0.497 e. The lowest BCUT2D eigenvalue weighted by Crippen LogP contribution is -2.37. The van der Waals surface area contributed by atoms with Crippen LogP contribution in [0, 0.1) is 5.82 Å². The van der Waals surface area contributed by atoms with E-state index in [0.717, 1.165) is 4.90 Å². The number of hydrogen-bond acceptors (Lipinski definition) is 6. The summed E-state index contributed by atoms with van der Waals surface area (Å²) in [5.41, 5.74) is 1.38. The first kappa shape index (κ1) is 25.5. The second-order valence-corrected chi connectivity index (χ2v) is 8.25. The first-order valence-electron chi connectivity index (χ1n) is 11.4. The summed E-state index contributed by atoms with van der Waals surface area (Å²) in [6.07, 6.45) is -0.296. The van der Waals surface area contributed by atoms with Crippen LogP contribution in [0.4, 0.5) is 20.6 Å². The van der Waals surface area contributed by atoms with Gasteiger partial charge < -0.3 is 24.4 Å². The minimum Gasteiger partial charge on any atom is -0.497 e. The number of urea groups is 1. The van der Waals surface area contributed by atoms with Gasteiger partial charge in [-0.2, -0.15) is 0 Å². The molecule has 0 aromatic heterocycles. The standard InChI is InChI=1S/C27H26FN3O6/c1-35-21-6-4-5-20(14-21)31-26(33)22(15-25(32)29-19-10-8-18(28)9-11-19)30(27(31)34)16-17-7-12-23(36-2)24(13-17)37-3/h4-14,22H,15-16H2,1-3H3,(H,29,32)/t22-/m0/s1. The number of ether oxygens (including phenoxy) is 3. The average molecular weight is 508 g/mol. The van der Waals surface area contributed by atoms with Gasteiger partial charge in [0.25, 0.3) is 5.91 Å². The summed E-state index contributed by atoms with van der Waals surface area (Å²) in [5.74, 6) is -0.0290. The Kier molecular flexibility index (Phi) is 7.57. The second-order valence-electron chi connectivity index (χ2n) is 8.25. The van der Waals surface area contributed by atoms with Crippen LogP contribution in [0.2, 0.25) is 0 Å². The molecule has 1 aliphatic heterocycles. The zero-order valence-electron chi connectivity index (χ0n) is 20.6. The number of carbonyl (C=O) groups is 3. The molecule has 1 aliphatic rings. The zero-order valence-corrected chi connectivity index (χ0v) is 20.6. The summed E-state index contributed by atoms with van der Waals surface area (Å²) in [6.45, 7) is 0.0416. The van der Waals surface area contributed by atoms with Gasteiger partial charge in [0.1, 0.15) is 17.6 Å². The highest BCUT2D eigenvalue weighted by atomic mass is 19.1. The number of methoxy groups -OCH3 is 3. The van der Waals surface area contributed by atoms with E-state index in [9.17, 15) is 18.8 Å². The van der Waals surface area contributed by atoms with E-state index in [1.54, 1.807) is 42.5 Å². The van der Waals surface area contributed by atoms with E-state index in [4.69, 9.17) is 14.2 Å². The van der Waals surface area contributed by atoms with Crippen molar-refractivity contribution in [3.8, 4) is 17.2 Å². The highest BCUT2D eigenvalue weighted by Gasteiger charge is 2.46. The van der Waals surface area contributed by atoms with Gasteiger partial charge in [0.05, 0.1) is 33.4 Å².